The summed E-state index contributed by atoms with van der Waals surface area (Å²) < 4.78 is 0. The van der Waals surface area contributed by atoms with Crippen LogP contribution in [0.1, 0.15) is 12.5 Å². The maximum atomic E-state index is 12.4. The normalized spacial score (nSPS) is 18.3. The van der Waals surface area contributed by atoms with Gasteiger partial charge in [-0.15, -0.1) is 0 Å². The summed E-state index contributed by atoms with van der Waals surface area (Å²) in [6.45, 7) is 1.88. The van der Waals surface area contributed by atoms with Crippen molar-refractivity contribution in [2.24, 2.45) is 11.0 Å². The second kappa shape index (κ2) is 5.10. The Bertz CT molecular complexity index is 665. The van der Waals surface area contributed by atoms with Crippen LogP contribution in [-0.2, 0) is 4.79 Å². The molecule has 0 saturated heterocycles. The van der Waals surface area contributed by atoms with E-state index < -0.39 is 0 Å². The summed E-state index contributed by atoms with van der Waals surface area (Å²) in [5.74, 6) is -0.265. The van der Waals surface area contributed by atoms with E-state index in [2.05, 4.69) is 5.10 Å². The molecule has 0 fully saturated rings. The Morgan fingerprint density at radius 3 is 2.35 bits per heavy atom. The van der Waals surface area contributed by atoms with Crippen LogP contribution in [-0.4, -0.2) is 11.6 Å². The summed E-state index contributed by atoms with van der Waals surface area (Å²) >= 11 is 5.87. The van der Waals surface area contributed by atoms with Gasteiger partial charge in [0.15, 0.2) is 0 Å². The first kappa shape index (κ1) is 12.9. The third kappa shape index (κ3) is 2.21. The molecular formula is C16H13ClN2O. The van der Waals surface area contributed by atoms with Gasteiger partial charge in [0.2, 0.25) is 0 Å². The fourth-order valence-electron chi connectivity index (χ4n) is 2.23. The SMILES string of the molecule is CC1C(=O)N(c2ccc(Cl)cc2)N=C1c1ccccc1. The van der Waals surface area contributed by atoms with Gasteiger partial charge in [0.25, 0.3) is 5.91 Å². The minimum absolute atomic E-state index is 0.0221. The molecule has 100 valence electrons. The van der Waals surface area contributed by atoms with Crippen LogP contribution < -0.4 is 5.01 Å². The number of benzene rings is 2. The highest BCUT2D eigenvalue weighted by Gasteiger charge is 2.33. The number of hydrogen-bond acceptors (Lipinski definition) is 2. The highest BCUT2D eigenvalue weighted by Crippen LogP contribution is 2.27. The summed E-state index contributed by atoms with van der Waals surface area (Å²) in [5.41, 5.74) is 2.51. The Kier molecular flexibility index (Phi) is 3.28. The molecule has 0 aliphatic carbocycles. The van der Waals surface area contributed by atoms with E-state index in [1.807, 2.05) is 37.3 Å². The van der Waals surface area contributed by atoms with Gasteiger partial charge in [0, 0.05) is 5.02 Å². The fraction of sp³-hybridized carbons (Fsp3) is 0.125. The number of carbonyl (C=O) groups excluding carboxylic acids is 1. The summed E-state index contributed by atoms with van der Waals surface area (Å²) in [4.78, 5) is 12.4. The molecule has 1 atom stereocenters. The van der Waals surface area contributed by atoms with E-state index in [0.717, 1.165) is 17.0 Å². The number of hydrogen-bond donors (Lipinski definition) is 0. The zero-order valence-corrected chi connectivity index (χ0v) is 11.7. The van der Waals surface area contributed by atoms with Crippen LogP contribution in [0.5, 0.6) is 0 Å². The number of rotatable bonds is 2. The van der Waals surface area contributed by atoms with Crippen LogP contribution in [0, 0.1) is 5.92 Å². The summed E-state index contributed by atoms with van der Waals surface area (Å²) in [5, 5.41) is 6.56. The van der Waals surface area contributed by atoms with Gasteiger partial charge >= 0.3 is 0 Å². The van der Waals surface area contributed by atoms with E-state index in [0.29, 0.717) is 5.02 Å². The first-order valence-corrected chi connectivity index (χ1v) is 6.78. The molecule has 0 spiro atoms. The molecule has 3 nitrogen and oxygen atoms in total. The van der Waals surface area contributed by atoms with Gasteiger partial charge in [0.05, 0.1) is 17.3 Å². The topological polar surface area (TPSA) is 32.7 Å². The smallest absolute Gasteiger partial charge is 0.256 e. The predicted molar refractivity (Wildman–Crippen MR) is 81.1 cm³/mol. The molecule has 1 aliphatic rings. The fourth-order valence-corrected chi connectivity index (χ4v) is 2.35. The average Bonchev–Trinajstić information content (AvgIpc) is 2.77. The highest BCUT2D eigenvalue weighted by molar-refractivity contribution is 6.30. The van der Waals surface area contributed by atoms with E-state index in [4.69, 9.17) is 11.6 Å². The first-order chi connectivity index (χ1) is 9.66. The van der Waals surface area contributed by atoms with Crippen LogP contribution in [0.15, 0.2) is 59.7 Å². The van der Waals surface area contributed by atoms with Crippen LogP contribution in [0.3, 0.4) is 0 Å². The van der Waals surface area contributed by atoms with Crippen LogP contribution in [0.25, 0.3) is 0 Å². The first-order valence-electron chi connectivity index (χ1n) is 6.40. The molecule has 2 aromatic carbocycles. The van der Waals surface area contributed by atoms with Crippen LogP contribution in [0.2, 0.25) is 5.02 Å². The van der Waals surface area contributed by atoms with Crippen LogP contribution in [0.4, 0.5) is 5.69 Å². The molecule has 20 heavy (non-hydrogen) atoms. The van der Waals surface area contributed by atoms with Gasteiger partial charge in [-0.2, -0.15) is 10.1 Å². The van der Waals surface area contributed by atoms with E-state index in [-0.39, 0.29) is 11.8 Å². The molecule has 1 heterocycles. The average molecular weight is 285 g/mol. The van der Waals surface area contributed by atoms with Crippen molar-refractivity contribution < 1.29 is 4.79 Å². The second-order valence-electron chi connectivity index (χ2n) is 4.70. The van der Waals surface area contributed by atoms with E-state index in [1.54, 1.807) is 24.3 Å². The number of halogens is 1. The third-order valence-corrected chi connectivity index (χ3v) is 3.59. The molecule has 0 radical (unpaired) electrons. The zero-order valence-electron chi connectivity index (χ0n) is 11.0. The van der Waals surface area contributed by atoms with Gasteiger partial charge < -0.3 is 0 Å². The Labute approximate surface area is 122 Å². The number of amides is 1. The van der Waals surface area contributed by atoms with Gasteiger partial charge in [0.1, 0.15) is 0 Å². The van der Waals surface area contributed by atoms with Crippen molar-refractivity contribution in [3.8, 4) is 0 Å². The zero-order chi connectivity index (χ0) is 14.1. The van der Waals surface area contributed by atoms with E-state index >= 15 is 0 Å². The van der Waals surface area contributed by atoms with Crippen molar-refractivity contribution in [1.29, 1.82) is 0 Å². The van der Waals surface area contributed by atoms with E-state index in [1.165, 1.54) is 5.01 Å². The van der Waals surface area contributed by atoms with Crippen molar-refractivity contribution >= 4 is 28.9 Å². The van der Waals surface area contributed by atoms with Crippen molar-refractivity contribution in [1.82, 2.24) is 0 Å². The molecule has 1 amide bonds. The quantitative estimate of drug-likeness (QED) is 0.827. The van der Waals surface area contributed by atoms with E-state index in [9.17, 15) is 4.79 Å². The predicted octanol–water partition coefficient (Wildman–Crippen LogP) is 3.73. The number of carbonyl (C=O) groups is 1. The third-order valence-electron chi connectivity index (χ3n) is 3.34. The van der Waals surface area contributed by atoms with Gasteiger partial charge in [-0.1, -0.05) is 41.9 Å². The molecule has 0 bridgehead atoms. The van der Waals surface area contributed by atoms with Crippen LogP contribution >= 0.6 is 11.6 Å². The molecule has 4 heteroatoms. The lowest BCUT2D eigenvalue weighted by Crippen LogP contribution is -2.25. The Balaban J connectivity index is 1.99. The molecule has 1 unspecified atom stereocenters. The largest absolute Gasteiger partial charge is 0.272 e. The Hall–Kier alpha value is -2.13. The number of nitrogens with zero attached hydrogens (tertiary/aromatic N) is 2. The lowest BCUT2D eigenvalue weighted by atomic mass is 9.99. The molecule has 1 aliphatic heterocycles. The molecule has 2 aromatic rings. The molecular weight excluding hydrogens is 272 g/mol. The summed E-state index contributed by atoms with van der Waals surface area (Å²) in [6, 6.07) is 16.9. The minimum Gasteiger partial charge on any atom is -0.272 e. The molecule has 0 saturated carbocycles. The maximum absolute atomic E-state index is 12.4. The maximum Gasteiger partial charge on any atom is 0.256 e. The van der Waals surface area contributed by atoms with Crippen molar-refractivity contribution in [2.75, 3.05) is 5.01 Å². The number of anilines is 1. The molecule has 0 N–H and O–H groups in total. The van der Waals surface area contributed by atoms with Gasteiger partial charge in [-0.25, -0.2) is 0 Å². The standard InChI is InChI=1S/C16H13ClN2O/c1-11-15(12-5-3-2-4-6-12)18-19(16(11)20)14-9-7-13(17)8-10-14/h2-11H,1H3. The summed E-state index contributed by atoms with van der Waals surface area (Å²) in [6.07, 6.45) is 0. The lowest BCUT2D eigenvalue weighted by Gasteiger charge is -2.12. The summed E-state index contributed by atoms with van der Waals surface area (Å²) in [7, 11) is 0. The van der Waals surface area contributed by atoms with Gasteiger partial charge in [-0.05, 0) is 36.8 Å². The Morgan fingerprint density at radius 1 is 1.05 bits per heavy atom. The minimum atomic E-state index is -0.243. The van der Waals surface area contributed by atoms with Gasteiger partial charge in [-0.3, -0.25) is 4.79 Å². The van der Waals surface area contributed by atoms with Crippen molar-refractivity contribution in [3.05, 3.63) is 65.2 Å². The highest BCUT2D eigenvalue weighted by atomic mass is 35.5. The second-order valence-corrected chi connectivity index (χ2v) is 5.14. The monoisotopic (exact) mass is 284 g/mol. The number of hydrazone groups is 1. The van der Waals surface area contributed by atoms with Crippen molar-refractivity contribution in [3.63, 3.8) is 0 Å². The Morgan fingerprint density at radius 2 is 1.70 bits per heavy atom. The lowest BCUT2D eigenvalue weighted by molar-refractivity contribution is -0.119. The molecule has 0 aromatic heterocycles. The molecule has 3 rings (SSSR count). The van der Waals surface area contributed by atoms with Crippen molar-refractivity contribution in [2.45, 2.75) is 6.92 Å².